The zero-order chi connectivity index (χ0) is 20.5. The minimum atomic E-state index is -0.617. The number of rotatable bonds is 7. The Morgan fingerprint density at radius 3 is 2.25 bits per heavy atom. The molecule has 0 saturated carbocycles. The first-order valence-electron chi connectivity index (χ1n) is 8.72. The van der Waals surface area contributed by atoms with Crippen LogP contribution in [-0.4, -0.2) is 43.5 Å². The number of likely N-dealkylation sites (N-methyl/N-ethyl adjacent to an activating group) is 1. The maximum absolute atomic E-state index is 12.1. The van der Waals surface area contributed by atoms with Gasteiger partial charge in [0.25, 0.3) is 5.91 Å². The van der Waals surface area contributed by atoms with Gasteiger partial charge in [0.2, 0.25) is 0 Å². The molecule has 0 aromatic heterocycles. The highest BCUT2D eigenvalue weighted by molar-refractivity contribution is 5.91. The molecule has 146 valence electrons. The minimum Gasteiger partial charge on any atom is -0.465 e. The van der Waals surface area contributed by atoms with E-state index in [9.17, 15) is 14.4 Å². The number of ether oxygens (including phenoxy) is 2. The van der Waals surface area contributed by atoms with E-state index in [-0.39, 0.29) is 12.5 Å². The number of nitrogens with zero attached hydrogens (tertiary/aromatic N) is 1. The van der Waals surface area contributed by atoms with Crippen LogP contribution in [0.3, 0.4) is 0 Å². The number of methoxy groups -OCH3 is 1. The fourth-order valence-corrected chi connectivity index (χ4v) is 2.36. The number of esters is 2. The molecule has 2 aromatic carbocycles. The van der Waals surface area contributed by atoms with E-state index in [0.717, 1.165) is 11.1 Å². The molecule has 0 N–H and O–H groups in total. The molecule has 6 nitrogen and oxygen atoms in total. The Morgan fingerprint density at radius 1 is 1.00 bits per heavy atom. The van der Waals surface area contributed by atoms with Crippen LogP contribution in [0.15, 0.2) is 54.6 Å². The van der Waals surface area contributed by atoms with Gasteiger partial charge in [0, 0.05) is 19.7 Å². The van der Waals surface area contributed by atoms with Crippen LogP contribution in [0.2, 0.25) is 0 Å². The van der Waals surface area contributed by atoms with Crippen LogP contribution in [-0.2, 0) is 25.6 Å². The van der Waals surface area contributed by atoms with Crippen molar-refractivity contribution in [3.63, 3.8) is 0 Å². The van der Waals surface area contributed by atoms with Crippen LogP contribution < -0.4 is 0 Å². The van der Waals surface area contributed by atoms with Gasteiger partial charge in [-0.1, -0.05) is 42.0 Å². The van der Waals surface area contributed by atoms with Crippen molar-refractivity contribution in [1.29, 1.82) is 0 Å². The van der Waals surface area contributed by atoms with E-state index in [1.54, 1.807) is 37.4 Å². The van der Waals surface area contributed by atoms with Crippen LogP contribution in [0.4, 0.5) is 0 Å². The summed E-state index contributed by atoms with van der Waals surface area (Å²) in [6, 6.07) is 14.4. The Morgan fingerprint density at radius 2 is 1.64 bits per heavy atom. The molecule has 2 rings (SSSR count). The Hall–Kier alpha value is -3.41. The molecular formula is C22H23NO5. The zero-order valence-corrected chi connectivity index (χ0v) is 16.2. The second-order valence-electron chi connectivity index (χ2n) is 6.29. The topological polar surface area (TPSA) is 72.9 Å². The minimum absolute atomic E-state index is 0.287. The van der Waals surface area contributed by atoms with Crippen molar-refractivity contribution >= 4 is 23.9 Å². The number of hydrogen-bond donors (Lipinski definition) is 0. The molecule has 0 unspecified atom stereocenters. The van der Waals surface area contributed by atoms with Gasteiger partial charge in [-0.25, -0.2) is 9.59 Å². The summed E-state index contributed by atoms with van der Waals surface area (Å²) in [6.45, 7) is 2.12. The molecule has 0 heterocycles. The molecule has 0 saturated heterocycles. The molecule has 6 heteroatoms. The van der Waals surface area contributed by atoms with Gasteiger partial charge in [-0.3, -0.25) is 4.79 Å². The van der Waals surface area contributed by atoms with Gasteiger partial charge in [-0.05, 0) is 36.3 Å². The van der Waals surface area contributed by atoms with Crippen LogP contribution >= 0.6 is 0 Å². The second-order valence-corrected chi connectivity index (χ2v) is 6.29. The second kappa shape index (κ2) is 10.1. The lowest BCUT2D eigenvalue weighted by Crippen LogP contribution is -2.30. The van der Waals surface area contributed by atoms with E-state index in [0.29, 0.717) is 17.7 Å². The van der Waals surface area contributed by atoms with E-state index in [1.807, 2.05) is 31.2 Å². The van der Waals surface area contributed by atoms with Crippen molar-refractivity contribution in [2.75, 3.05) is 20.8 Å². The first-order chi connectivity index (χ1) is 13.4. The number of amides is 1. The molecule has 2 aromatic rings. The first kappa shape index (κ1) is 20.9. The van der Waals surface area contributed by atoms with Crippen molar-refractivity contribution < 1.29 is 23.9 Å². The van der Waals surface area contributed by atoms with Crippen molar-refractivity contribution in [2.24, 2.45) is 0 Å². The number of carbonyl (C=O) groups excluding carboxylic acids is 3. The highest BCUT2D eigenvalue weighted by Gasteiger charge is 2.11. The first-order valence-corrected chi connectivity index (χ1v) is 8.72. The van der Waals surface area contributed by atoms with Crippen molar-refractivity contribution in [3.05, 3.63) is 76.9 Å². The predicted octanol–water partition coefficient (Wildman–Crippen LogP) is 3.00. The van der Waals surface area contributed by atoms with Gasteiger partial charge in [-0.15, -0.1) is 0 Å². The van der Waals surface area contributed by atoms with E-state index in [1.165, 1.54) is 18.1 Å². The number of benzene rings is 2. The smallest absolute Gasteiger partial charge is 0.337 e. The third-order valence-electron chi connectivity index (χ3n) is 4.05. The van der Waals surface area contributed by atoms with E-state index >= 15 is 0 Å². The average Bonchev–Trinajstić information content (AvgIpc) is 2.71. The average molecular weight is 381 g/mol. The lowest BCUT2D eigenvalue weighted by molar-refractivity contribution is -0.147. The van der Waals surface area contributed by atoms with Gasteiger partial charge in [-0.2, -0.15) is 0 Å². The van der Waals surface area contributed by atoms with Crippen LogP contribution in [0.25, 0.3) is 6.08 Å². The molecular weight excluding hydrogens is 358 g/mol. The molecule has 0 bridgehead atoms. The molecule has 0 aliphatic carbocycles. The molecule has 0 spiro atoms. The van der Waals surface area contributed by atoms with Crippen molar-refractivity contribution in [3.8, 4) is 0 Å². The van der Waals surface area contributed by atoms with E-state index < -0.39 is 11.9 Å². The summed E-state index contributed by atoms with van der Waals surface area (Å²) in [5.41, 5.74) is 3.29. The SMILES string of the molecule is COC(=O)c1ccc(/C=C/C(=O)OCC(=O)N(C)Cc2ccc(C)cc2)cc1. The fourth-order valence-electron chi connectivity index (χ4n) is 2.36. The van der Waals surface area contributed by atoms with Gasteiger partial charge in [0.1, 0.15) is 0 Å². The fraction of sp³-hybridized carbons (Fsp3) is 0.227. The van der Waals surface area contributed by atoms with Crippen LogP contribution in [0, 0.1) is 6.92 Å². The molecule has 0 fully saturated rings. The quantitative estimate of drug-likeness (QED) is 0.545. The third kappa shape index (κ3) is 6.39. The Bertz CT molecular complexity index is 854. The summed E-state index contributed by atoms with van der Waals surface area (Å²) in [6.07, 6.45) is 2.78. The Labute approximate surface area is 164 Å². The Balaban J connectivity index is 1.80. The maximum atomic E-state index is 12.1. The lowest BCUT2D eigenvalue weighted by atomic mass is 10.1. The van der Waals surface area contributed by atoms with Crippen LogP contribution in [0.5, 0.6) is 0 Å². The molecule has 0 radical (unpaired) electrons. The van der Waals surface area contributed by atoms with Gasteiger partial charge >= 0.3 is 11.9 Å². The normalized spacial score (nSPS) is 10.5. The van der Waals surface area contributed by atoms with Crippen LogP contribution in [0.1, 0.15) is 27.0 Å². The summed E-state index contributed by atoms with van der Waals surface area (Å²) < 4.78 is 9.62. The number of aryl methyl sites for hydroxylation is 1. The molecule has 28 heavy (non-hydrogen) atoms. The summed E-state index contributed by atoms with van der Waals surface area (Å²) >= 11 is 0. The third-order valence-corrected chi connectivity index (χ3v) is 4.05. The molecule has 0 aliphatic heterocycles. The maximum Gasteiger partial charge on any atom is 0.337 e. The summed E-state index contributed by atoms with van der Waals surface area (Å²) in [4.78, 5) is 36.8. The number of hydrogen-bond acceptors (Lipinski definition) is 5. The van der Waals surface area contributed by atoms with E-state index in [2.05, 4.69) is 4.74 Å². The highest BCUT2D eigenvalue weighted by Crippen LogP contribution is 2.08. The van der Waals surface area contributed by atoms with Crippen molar-refractivity contribution in [1.82, 2.24) is 4.90 Å². The predicted molar refractivity (Wildman–Crippen MR) is 105 cm³/mol. The monoisotopic (exact) mass is 381 g/mol. The van der Waals surface area contributed by atoms with E-state index in [4.69, 9.17) is 4.74 Å². The van der Waals surface area contributed by atoms with Gasteiger partial charge < -0.3 is 14.4 Å². The molecule has 0 aliphatic rings. The standard InChI is InChI=1S/C22H23NO5/c1-16-4-6-18(7-5-16)14-23(2)20(24)15-28-21(25)13-10-17-8-11-19(12-9-17)22(26)27-3/h4-13H,14-15H2,1-3H3/b13-10+. The lowest BCUT2D eigenvalue weighted by Gasteiger charge is -2.17. The van der Waals surface area contributed by atoms with Crippen molar-refractivity contribution in [2.45, 2.75) is 13.5 Å². The zero-order valence-electron chi connectivity index (χ0n) is 16.2. The molecule has 1 amide bonds. The number of carbonyl (C=O) groups is 3. The summed E-state index contributed by atoms with van der Waals surface area (Å²) in [7, 11) is 2.97. The van der Waals surface area contributed by atoms with Gasteiger partial charge in [0.05, 0.1) is 12.7 Å². The highest BCUT2D eigenvalue weighted by atomic mass is 16.5. The summed E-state index contributed by atoms with van der Waals surface area (Å²) in [5.74, 6) is -1.33. The largest absolute Gasteiger partial charge is 0.465 e. The molecule has 0 atom stereocenters. The van der Waals surface area contributed by atoms with Gasteiger partial charge in [0.15, 0.2) is 6.61 Å². The Kier molecular flexibility index (Phi) is 7.51. The summed E-state index contributed by atoms with van der Waals surface area (Å²) in [5, 5.41) is 0.